The van der Waals surface area contributed by atoms with Gasteiger partial charge in [-0.15, -0.1) is 0 Å². The Morgan fingerprint density at radius 1 is 0.550 bits per heavy atom. The second kappa shape index (κ2) is 18.4. The molecule has 0 aromatic rings. The molecule has 0 saturated carbocycles. The molecule has 0 bridgehead atoms. The highest BCUT2D eigenvalue weighted by molar-refractivity contribution is 5.48. The number of aldehydes is 1. The minimum absolute atomic E-state index is 0.751. The molecule has 0 radical (unpaired) electrons. The van der Waals surface area contributed by atoms with Crippen molar-refractivity contribution >= 4 is 6.29 Å². The van der Waals surface area contributed by atoms with E-state index >= 15 is 0 Å². The van der Waals surface area contributed by atoms with Crippen molar-refractivity contribution in [2.45, 2.75) is 103 Å². The van der Waals surface area contributed by atoms with Crippen LogP contribution < -0.4 is 0 Å². The first-order valence-corrected chi connectivity index (χ1v) is 9.00. The van der Waals surface area contributed by atoms with Crippen LogP contribution >= 0.6 is 0 Å². The number of hydrogen-bond donors (Lipinski definition) is 0. The average Bonchev–Trinajstić information content (AvgIpc) is 2.47. The van der Waals surface area contributed by atoms with Crippen LogP contribution in [0.1, 0.15) is 103 Å². The first-order valence-electron chi connectivity index (χ1n) is 9.00. The standard InChI is InChI=1S/C19H36O/c1-2-3-4-5-6-7-8-9-10-11-12-13-14-15-16-17-18-19-20/h9-10,19H,2-8,11-18H2,1H3. The number of unbranched alkanes of at least 4 members (excludes halogenated alkanes) is 13. The van der Waals surface area contributed by atoms with E-state index in [-0.39, 0.29) is 0 Å². The molecular weight excluding hydrogens is 244 g/mol. The van der Waals surface area contributed by atoms with Gasteiger partial charge in [0.15, 0.2) is 0 Å². The molecule has 0 fully saturated rings. The molecule has 0 aromatic carbocycles. The van der Waals surface area contributed by atoms with Gasteiger partial charge < -0.3 is 4.79 Å². The van der Waals surface area contributed by atoms with E-state index < -0.39 is 0 Å². The van der Waals surface area contributed by atoms with Crippen molar-refractivity contribution in [2.75, 3.05) is 0 Å². The van der Waals surface area contributed by atoms with Crippen LogP contribution in [0.15, 0.2) is 12.2 Å². The van der Waals surface area contributed by atoms with Gasteiger partial charge in [-0.25, -0.2) is 0 Å². The Morgan fingerprint density at radius 3 is 1.40 bits per heavy atom. The average molecular weight is 280 g/mol. The van der Waals surface area contributed by atoms with E-state index in [0.29, 0.717) is 0 Å². The Labute approximate surface area is 127 Å². The van der Waals surface area contributed by atoms with Crippen molar-refractivity contribution in [1.82, 2.24) is 0 Å². The molecule has 0 aromatic heterocycles. The molecule has 0 amide bonds. The van der Waals surface area contributed by atoms with Crippen LogP contribution in [0.2, 0.25) is 0 Å². The minimum atomic E-state index is 0.751. The van der Waals surface area contributed by atoms with Gasteiger partial charge in [-0.1, -0.05) is 76.9 Å². The minimum Gasteiger partial charge on any atom is -0.303 e. The van der Waals surface area contributed by atoms with Gasteiger partial charge >= 0.3 is 0 Å². The van der Waals surface area contributed by atoms with Crippen LogP contribution in [0, 0.1) is 0 Å². The fourth-order valence-electron chi connectivity index (χ4n) is 2.48. The third-order valence-corrected chi connectivity index (χ3v) is 3.83. The molecule has 0 rings (SSSR count). The number of carbonyl (C=O) groups is 1. The zero-order chi connectivity index (χ0) is 14.7. The maximum atomic E-state index is 10.1. The van der Waals surface area contributed by atoms with Crippen LogP contribution in [-0.2, 0) is 4.79 Å². The Morgan fingerprint density at radius 2 is 0.950 bits per heavy atom. The van der Waals surface area contributed by atoms with Gasteiger partial charge in [-0.3, -0.25) is 0 Å². The summed E-state index contributed by atoms with van der Waals surface area (Å²) in [7, 11) is 0. The fourth-order valence-corrected chi connectivity index (χ4v) is 2.48. The highest BCUT2D eigenvalue weighted by Gasteiger charge is 1.91. The van der Waals surface area contributed by atoms with Crippen molar-refractivity contribution in [3.8, 4) is 0 Å². The SMILES string of the molecule is CCCCCCCCC=CCCCCCCCCC=O. The van der Waals surface area contributed by atoms with Gasteiger partial charge in [0.05, 0.1) is 0 Å². The van der Waals surface area contributed by atoms with Crippen LogP contribution in [0.3, 0.4) is 0 Å². The first-order chi connectivity index (χ1) is 9.91. The monoisotopic (exact) mass is 280 g/mol. The quantitative estimate of drug-likeness (QED) is 0.176. The summed E-state index contributed by atoms with van der Waals surface area (Å²) in [4.78, 5) is 10.1. The van der Waals surface area contributed by atoms with Gasteiger partial charge in [0.25, 0.3) is 0 Å². The predicted molar refractivity (Wildman–Crippen MR) is 90.1 cm³/mol. The van der Waals surface area contributed by atoms with Crippen molar-refractivity contribution in [3.05, 3.63) is 12.2 Å². The summed E-state index contributed by atoms with van der Waals surface area (Å²) in [5.41, 5.74) is 0. The lowest BCUT2D eigenvalue weighted by molar-refractivity contribution is -0.107. The maximum absolute atomic E-state index is 10.1. The molecule has 118 valence electrons. The second-order valence-electron chi connectivity index (χ2n) is 5.89. The smallest absolute Gasteiger partial charge is 0.119 e. The summed E-state index contributed by atoms with van der Waals surface area (Å²) in [6.07, 6.45) is 25.1. The molecule has 0 heterocycles. The van der Waals surface area contributed by atoms with Gasteiger partial charge in [0.1, 0.15) is 6.29 Å². The van der Waals surface area contributed by atoms with Crippen molar-refractivity contribution < 1.29 is 4.79 Å². The third-order valence-electron chi connectivity index (χ3n) is 3.83. The summed E-state index contributed by atoms with van der Waals surface area (Å²) < 4.78 is 0. The van der Waals surface area contributed by atoms with E-state index in [1.54, 1.807) is 0 Å². The highest BCUT2D eigenvalue weighted by atomic mass is 16.1. The van der Waals surface area contributed by atoms with Crippen LogP contribution in [-0.4, -0.2) is 6.29 Å². The van der Waals surface area contributed by atoms with E-state index in [1.807, 2.05) is 0 Å². The number of rotatable bonds is 16. The molecule has 1 nitrogen and oxygen atoms in total. The highest BCUT2D eigenvalue weighted by Crippen LogP contribution is 2.10. The molecule has 0 aliphatic heterocycles. The largest absolute Gasteiger partial charge is 0.303 e. The van der Waals surface area contributed by atoms with E-state index in [2.05, 4.69) is 19.1 Å². The Balaban J connectivity index is 3.03. The van der Waals surface area contributed by atoms with Crippen LogP contribution in [0.25, 0.3) is 0 Å². The summed E-state index contributed by atoms with van der Waals surface area (Å²) in [5, 5.41) is 0. The molecule has 1 heteroatoms. The molecule has 0 atom stereocenters. The molecule has 20 heavy (non-hydrogen) atoms. The molecule has 0 saturated heterocycles. The van der Waals surface area contributed by atoms with Crippen molar-refractivity contribution in [3.63, 3.8) is 0 Å². The first kappa shape index (κ1) is 19.4. The van der Waals surface area contributed by atoms with Crippen LogP contribution in [0.5, 0.6) is 0 Å². The zero-order valence-electron chi connectivity index (χ0n) is 13.7. The van der Waals surface area contributed by atoms with E-state index in [1.165, 1.54) is 83.5 Å². The van der Waals surface area contributed by atoms with Gasteiger partial charge in [0.2, 0.25) is 0 Å². The fraction of sp³-hybridized carbons (Fsp3) is 0.842. The topological polar surface area (TPSA) is 17.1 Å². The third kappa shape index (κ3) is 17.4. The van der Waals surface area contributed by atoms with E-state index in [0.717, 1.165) is 19.1 Å². The Kier molecular flexibility index (Phi) is 17.9. The number of allylic oxidation sites excluding steroid dienone is 2. The molecular formula is C19H36O. The van der Waals surface area contributed by atoms with E-state index in [9.17, 15) is 4.79 Å². The lowest BCUT2D eigenvalue weighted by atomic mass is 10.1. The molecule has 0 N–H and O–H groups in total. The summed E-state index contributed by atoms with van der Waals surface area (Å²) >= 11 is 0. The molecule has 0 spiro atoms. The normalized spacial score (nSPS) is 11.2. The van der Waals surface area contributed by atoms with E-state index in [4.69, 9.17) is 0 Å². The summed E-state index contributed by atoms with van der Waals surface area (Å²) in [6.45, 7) is 2.27. The Hall–Kier alpha value is -0.590. The van der Waals surface area contributed by atoms with Gasteiger partial charge in [-0.05, 0) is 32.1 Å². The molecule has 0 aliphatic rings. The predicted octanol–water partition coefficient (Wildman–Crippen LogP) is 6.61. The Bertz CT molecular complexity index is 208. The number of carbonyl (C=O) groups excluding carboxylic acids is 1. The number of hydrogen-bond acceptors (Lipinski definition) is 1. The van der Waals surface area contributed by atoms with Crippen molar-refractivity contribution in [2.24, 2.45) is 0 Å². The maximum Gasteiger partial charge on any atom is 0.119 e. The zero-order valence-corrected chi connectivity index (χ0v) is 13.7. The van der Waals surface area contributed by atoms with Crippen LogP contribution in [0.4, 0.5) is 0 Å². The molecule has 0 unspecified atom stereocenters. The lowest BCUT2D eigenvalue weighted by Crippen LogP contribution is -1.81. The van der Waals surface area contributed by atoms with Gasteiger partial charge in [0, 0.05) is 6.42 Å². The molecule has 0 aliphatic carbocycles. The van der Waals surface area contributed by atoms with Gasteiger partial charge in [-0.2, -0.15) is 0 Å². The summed E-state index contributed by atoms with van der Waals surface area (Å²) in [6, 6.07) is 0. The lowest BCUT2D eigenvalue weighted by Gasteiger charge is -1.99. The summed E-state index contributed by atoms with van der Waals surface area (Å²) in [5.74, 6) is 0. The van der Waals surface area contributed by atoms with Crippen molar-refractivity contribution in [1.29, 1.82) is 0 Å². The second-order valence-corrected chi connectivity index (χ2v) is 5.89.